The average molecular weight is 308 g/mol. The summed E-state index contributed by atoms with van der Waals surface area (Å²) in [4.78, 5) is 21.3. The molecule has 22 heavy (non-hydrogen) atoms. The summed E-state index contributed by atoms with van der Waals surface area (Å²) >= 11 is 0. The van der Waals surface area contributed by atoms with Gasteiger partial charge in [0.2, 0.25) is 13.0 Å². The summed E-state index contributed by atoms with van der Waals surface area (Å²) < 4.78 is 6.06. The van der Waals surface area contributed by atoms with E-state index in [1.807, 2.05) is 58.0 Å². The lowest BCUT2D eigenvalue weighted by molar-refractivity contribution is -0.496. The molecule has 6 heteroatoms. The Hall–Kier alpha value is -1.95. The van der Waals surface area contributed by atoms with Gasteiger partial charge in [0.05, 0.1) is 6.04 Å². The third-order valence-corrected chi connectivity index (χ3v) is 3.50. The van der Waals surface area contributed by atoms with Crippen molar-refractivity contribution >= 4 is 6.41 Å². The Kier molecular flexibility index (Phi) is 6.49. The summed E-state index contributed by atoms with van der Waals surface area (Å²) in [5, 5.41) is 13.6. The molecule has 1 rings (SSSR count). The molecule has 1 N–H and O–H groups in total. The van der Waals surface area contributed by atoms with Crippen LogP contribution in [0.5, 0.6) is 0 Å². The van der Waals surface area contributed by atoms with Crippen LogP contribution >= 0.6 is 0 Å². The van der Waals surface area contributed by atoms with Gasteiger partial charge in [-0.2, -0.15) is 0 Å². The van der Waals surface area contributed by atoms with Crippen molar-refractivity contribution in [3.8, 4) is 0 Å². The highest BCUT2D eigenvalue weighted by Gasteiger charge is 2.34. The zero-order valence-corrected chi connectivity index (χ0v) is 13.5. The molecule has 0 aliphatic rings. The first-order valence-corrected chi connectivity index (χ1v) is 7.27. The third-order valence-electron chi connectivity index (χ3n) is 3.50. The predicted octanol–water partition coefficient (Wildman–Crippen LogP) is 2.57. The molecule has 0 aromatic heterocycles. The lowest BCUT2D eigenvalue weighted by atomic mass is 9.88. The van der Waals surface area contributed by atoms with E-state index >= 15 is 0 Å². The van der Waals surface area contributed by atoms with E-state index in [2.05, 4.69) is 5.32 Å². The molecule has 0 saturated heterocycles. The molecule has 122 valence electrons. The molecule has 6 nitrogen and oxygen atoms in total. The number of nitrogens with one attached hydrogen (secondary N) is 1. The molecule has 0 saturated carbocycles. The molecule has 0 aliphatic carbocycles. The van der Waals surface area contributed by atoms with Crippen molar-refractivity contribution in [2.75, 3.05) is 6.54 Å². The fourth-order valence-electron chi connectivity index (χ4n) is 2.16. The number of nitro groups is 1. The number of rotatable bonds is 8. The van der Waals surface area contributed by atoms with Crippen LogP contribution in [0.4, 0.5) is 0 Å². The fourth-order valence-corrected chi connectivity index (χ4v) is 2.16. The Morgan fingerprint density at radius 1 is 1.32 bits per heavy atom. The molecular weight excluding hydrogens is 284 g/mol. The van der Waals surface area contributed by atoms with Gasteiger partial charge in [-0.3, -0.25) is 14.9 Å². The van der Waals surface area contributed by atoms with Crippen LogP contribution in [-0.4, -0.2) is 30.0 Å². The van der Waals surface area contributed by atoms with Crippen molar-refractivity contribution in [3.63, 3.8) is 0 Å². The van der Waals surface area contributed by atoms with Gasteiger partial charge in [-0.25, -0.2) is 0 Å². The SMILES string of the molecule is C[C@H](NC=O)[C@H](O[C@@H](C[N+](=O)[O-])C(C)(C)C)c1ccccc1. The maximum atomic E-state index is 10.9. The van der Waals surface area contributed by atoms with Crippen LogP contribution in [0, 0.1) is 15.5 Å². The highest BCUT2D eigenvalue weighted by Crippen LogP contribution is 2.30. The Morgan fingerprint density at radius 2 is 1.91 bits per heavy atom. The fraction of sp³-hybridized carbons (Fsp3) is 0.562. The number of ether oxygens (including phenoxy) is 1. The highest BCUT2D eigenvalue weighted by atomic mass is 16.6. The second-order valence-electron chi connectivity index (χ2n) is 6.41. The molecule has 0 aliphatic heterocycles. The van der Waals surface area contributed by atoms with E-state index in [0.717, 1.165) is 5.56 Å². The van der Waals surface area contributed by atoms with Gasteiger partial charge in [-0.15, -0.1) is 0 Å². The van der Waals surface area contributed by atoms with Crippen molar-refractivity contribution in [2.24, 2.45) is 5.41 Å². The average Bonchev–Trinajstić information content (AvgIpc) is 2.43. The third kappa shape index (κ3) is 5.44. The van der Waals surface area contributed by atoms with Gasteiger partial charge in [0.25, 0.3) is 0 Å². The molecule has 1 aromatic rings. The van der Waals surface area contributed by atoms with Crippen LogP contribution in [0.3, 0.4) is 0 Å². The molecule has 0 unspecified atom stereocenters. The smallest absolute Gasteiger partial charge is 0.230 e. The Balaban J connectivity index is 3.04. The first-order valence-electron chi connectivity index (χ1n) is 7.27. The summed E-state index contributed by atoms with van der Waals surface area (Å²) in [5.41, 5.74) is 0.489. The van der Waals surface area contributed by atoms with Gasteiger partial charge in [0.15, 0.2) is 0 Å². The molecule has 1 amide bonds. The Morgan fingerprint density at radius 3 is 2.36 bits per heavy atom. The molecule has 0 bridgehead atoms. The first kappa shape index (κ1) is 18.1. The van der Waals surface area contributed by atoms with Crippen LogP contribution < -0.4 is 5.32 Å². The second kappa shape index (κ2) is 7.89. The Labute approximate surface area is 131 Å². The normalized spacial score (nSPS) is 15.6. The first-order chi connectivity index (χ1) is 10.3. The van der Waals surface area contributed by atoms with Crippen LogP contribution in [0.15, 0.2) is 30.3 Å². The molecule has 1 aromatic carbocycles. The van der Waals surface area contributed by atoms with E-state index < -0.39 is 12.2 Å². The van der Waals surface area contributed by atoms with Gasteiger partial charge in [0, 0.05) is 4.92 Å². The minimum absolute atomic E-state index is 0.277. The van der Waals surface area contributed by atoms with E-state index in [1.54, 1.807) is 0 Å². The van der Waals surface area contributed by atoms with E-state index in [-0.39, 0.29) is 22.9 Å². The van der Waals surface area contributed by atoms with Crippen molar-refractivity contribution < 1.29 is 14.5 Å². The van der Waals surface area contributed by atoms with Crippen LogP contribution in [-0.2, 0) is 9.53 Å². The molecular formula is C16H24N2O4. The largest absolute Gasteiger partial charge is 0.361 e. The summed E-state index contributed by atoms with van der Waals surface area (Å²) in [5.74, 6) is 0. The number of benzene rings is 1. The minimum Gasteiger partial charge on any atom is -0.361 e. The maximum absolute atomic E-state index is 10.9. The van der Waals surface area contributed by atoms with Crippen LogP contribution in [0.1, 0.15) is 39.4 Å². The number of hydrogen-bond donors (Lipinski definition) is 1. The van der Waals surface area contributed by atoms with Crippen molar-refractivity contribution in [1.29, 1.82) is 0 Å². The summed E-state index contributed by atoms with van der Waals surface area (Å²) in [6, 6.07) is 9.12. The van der Waals surface area contributed by atoms with E-state index in [4.69, 9.17) is 4.74 Å². The number of carbonyl (C=O) groups is 1. The monoisotopic (exact) mass is 308 g/mol. The lowest BCUT2D eigenvalue weighted by Crippen LogP contribution is -2.41. The number of nitrogens with zero attached hydrogens (tertiary/aromatic N) is 1. The molecule has 3 atom stereocenters. The quantitative estimate of drug-likeness (QED) is 0.454. The van der Waals surface area contributed by atoms with Gasteiger partial charge in [-0.05, 0) is 17.9 Å². The van der Waals surface area contributed by atoms with Gasteiger partial charge in [0.1, 0.15) is 12.2 Å². The standard InChI is InChI=1S/C16H24N2O4/c1-12(17-11-19)15(13-8-6-5-7-9-13)22-14(10-18(20)21)16(2,3)4/h5-9,11-12,14-15H,10H2,1-4H3,(H,17,19)/t12-,14-,15-/m0/s1. The van der Waals surface area contributed by atoms with Crippen molar-refractivity contribution in [1.82, 2.24) is 5.32 Å². The number of carbonyl (C=O) groups excluding carboxylic acids is 1. The van der Waals surface area contributed by atoms with Gasteiger partial charge in [-0.1, -0.05) is 51.1 Å². The van der Waals surface area contributed by atoms with Crippen LogP contribution in [0.25, 0.3) is 0 Å². The summed E-state index contributed by atoms with van der Waals surface area (Å²) in [6.07, 6.45) is -0.400. The molecule has 0 heterocycles. The number of hydrogen-bond acceptors (Lipinski definition) is 4. The van der Waals surface area contributed by atoms with E-state index in [1.165, 1.54) is 0 Å². The number of amides is 1. The second-order valence-corrected chi connectivity index (χ2v) is 6.41. The van der Waals surface area contributed by atoms with Crippen molar-refractivity contribution in [2.45, 2.75) is 45.9 Å². The highest BCUT2D eigenvalue weighted by molar-refractivity contribution is 5.47. The molecule has 0 fully saturated rings. The molecule has 0 radical (unpaired) electrons. The maximum Gasteiger partial charge on any atom is 0.230 e. The van der Waals surface area contributed by atoms with E-state index in [0.29, 0.717) is 6.41 Å². The van der Waals surface area contributed by atoms with Gasteiger partial charge >= 0.3 is 0 Å². The summed E-state index contributed by atoms with van der Waals surface area (Å²) in [7, 11) is 0. The lowest BCUT2D eigenvalue weighted by Gasteiger charge is -2.34. The van der Waals surface area contributed by atoms with Gasteiger partial charge < -0.3 is 10.1 Å². The predicted molar refractivity (Wildman–Crippen MR) is 84.0 cm³/mol. The van der Waals surface area contributed by atoms with Crippen LogP contribution in [0.2, 0.25) is 0 Å². The minimum atomic E-state index is -0.566. The molecule has 0 spiro atoms. The zero-order valence-electron chi connectivity index (χ0n) is 13.5. The zero-order chi connectivity index (χ0) is 16.8. The Bertz CT molecular complexity index is 485. The van der Waals surface area contributed by atoms with E-state index in [9.17, 15) is 14.9 Å². The topological polar surface area (TPSA) is 81.5 Å². The summed E-state index contributed by atoms with van der Waals surface area (Å²) in [6.45, 7) is 7.25. The van der Waals surface area contributed by atoms with Crippen molar-refractivity contribution in [3.05, 3.63) is 46.0 Å².